The number of likely N-dealkylation sites (tertiary alicyclic amines) is 1. The fourth-order valence-corrected chi connectivity index (χ4v) is 3.31. The molecule has 1 amide bonds. The summed E-state index contributed by atoms with van der Waals surface area (Å²) < 4.78 is 36.9. The Balaban J connectivity index is 1.74. The van der Waals surface area contributed by atoms with E-state index >= 15 is 0 Å². The zero-order valence-electron chi connectivity index (χ0n) is 12.1. The number of hydrogen-bond donors (Lipinski definition) is 2. The van der Waals surface area contributed by atoms with E-state index in [1.165, 1.54) is 4.90 Å². The number of carbonyl (C=O) groups excluding carboxylic acids is 1. The largest absolute Gasteiger partial charge is 0.401 e. The smallest absolute Gasteiger partial charge is 0.389 e. The quantitative estimate of drug-likeness (QED) is 0.833. The second kappa shape index (κ2) is 6.52. The molecule has 2 fully saturated rings. The van der Waals surface area contributed by atoms with Crippen LogP contribution in [0.1, 0.15) is 44.9 Å². The number of aliphatic hydroxyl groups is 1. The fourth-order valence-electron chi connectivity index (χ4n) is 3.31. The minimum Gasteiger partial charge on any atom is -0.389 e. The van der Waals surface area contributed by atoms with E-state index in [-0.39, 0.29) is 24.9 Å². The normalized spacial score (nSPS) is 26.8. The summed E-state index contributed by atoms with van der Waals surface area (Å²) >= 11 is 0. The van der Waals surface area contributed by atoms with E-state index in [2.05, 4.69) is 5.32 Å². The topological polar surface area (TPSA) is 52.6 Å². The SMILES string of the molecule is O=C(CC1(O)CCCCC1)NC1CCN(CC(F)(F)F)C1. The van der Waals surface area contributed by atoms with Crippen molar-refractivity contribution in [3.05, 3.63) is 0 Å². The first-order valence-corrected chi connectivity index (χ1v) is 7.57. The lowest BCUT2D eigenvalue weighted by Crippen LogP contribution is -2.43. The van der Waals surface area contributed by atoms with Crippen LogP contribution in [0.5, 0.6) is 0 Å². The molecule has 0 aromatic heterocycles. The third kappa shape index (κ3) is 5.47. The number of halogens is 3. The van der Waals surface area contributed by atoms with Crippen LogP contribution in [0, 0.1) is 0 Å². The van der Waals surface area contributed by atoms with Crippen LogP contribution >= 0.6 is 0 Å². The van der Waals surface area contributed by atoms with Gasteiger partial charge in [-0.25, -0.2) is 0 Å². The number of nitrogens with zero attached hydrogens (tertiary/aromatic N) is 1. The number of carbonyl (C=O) groups is 1. The molecule has 1 aliphatic carbocycles. The lowest BCUT2D eigenvalue weighted by atomic mass is 9.82. The van der Waals surface area contributed by atoms with Crippen molar-refractivity contribution in [1.82, 2.24) is 10.2 Å². The number of alkyl halides is 3. The predicted molar refractivity (Wildman–Crippen MR) is 71.7 cm³/mol. The van der Waals surface area contributed by atoms with Gasteiger partial charge in [0.2, 0.25) is 5.91 Å². The molecule has 1 saturated carbocycles. The Hall–Kier alpha value is -0.820. The molecule has 0 radical (unpaired) electrons. The highest BCUT2D eigenvalue weighted by Gasteiger charge is 2.36. The molecule has 1 heterocycles. The van der Waals surface area contributed by atoms with E-state index in [0.29, 0.717) is 25.8 Å². The standard InChI is InChI=1S/C14H23F3N2O2/c15-14(16,17)10-19-7-4-11(9-19)18-12(20)8-13(21)5-2-1-3-6-13/h11,21H,1-10H2,(H,18,20). The monoisotopic (exact) mass is 308 g/mol. The van der Waals surface area contributed by atoms with Crippen molar-refractivity contribution in [3.63, 3.8) is 0 Å². The Labute approximate surface area is 122 Å². The molecule has 7 heteroatoms. The number of rotatable bonds is 4. The van der Waals surface area contributed by atoms with Gasteiger partial charge in [0.1, 0.15) is 0 Å². The molecule has 0 bridgehead atoms. The van der Waals surface area contributed by atoms with Gasteiger partial charge in [-0.2, -0.15) is 13.2 Å². The highest BCUT2D eigenvalue weighted by molar-refractivity contribution is 5.77. The van der Waals surface area contributed by atoms with Crippen molar-refractivity contribution >= 4 is 5.91 Å². The van der Waals surface area contributed by atoms with Crippen LogP contribution in [0.25, 0.3) is 0 Å². The summed E-state index contributed by atoms with van der Waals surface area (Å²) in [6.07, 6.45) is 0.577. The zero-order chi connectivity index (χ0) is 15.5. The fraction of sp³-hybridized carbons (Fsp3) is 0.929. The van der Waals surface area contributed by atoms with Crippen LogP contribution < -0.4 is 5.32 Å². The van der Waals surface area contributed by atoms with Crippen molar-refractivity contribution in [2.24, 2.45) is 0 Å². The van der Waals surface area contributed by atoms with Gasteiger partial charge in [0, 0.05) is 19.1 Å². The summed E-state index contributed by atoms with van der Waals surface area (Å²) in [5, 5.41) is 13.1. The van der Waals surface area contributed by atoms with Crippen molar-refractivity contribution in [2.45, 2.75) is 62.8 Å². The van der Waals surface area contributed by atoms with Crippen LogP contribution in [0.15, 0.2) is 0 Å². The second-order valence-electron chi connectivity index (χ2n) is 6.37. The number of nitrogens with one attached hydrogen (secondary N) is 1. The van der Waals surface area contributed by atoms with Gasteiger partial charge in [-0.3, -0.25) is 9.69 Å². The first kappa shape index (κ1) is 16.5. The molecular formula is C14H23F3N2O2. The molecule has 2 N–H and O–H groups in total. The highest BCUT2D eigenvalue weighted by atomic mass is 19.4. The molecule has 0 aromatic rings. The third-order valence-electron chi connectivity index (χ3n) is 4.31. The van der Waals surface area contributed by atoms with Crippen molar-refractivity contribution < 1.29 is 23.1 Å². The van der Waals surface area contributed by atoms with Crippen LogP contribution in [0.3, 0.4) is 0 Å². The molecule has 1 unspecified atom stereocenters. The van der Waals surface area contributed by atoms with Crippen LogP contribution in [-0.4, -0.2) is 53.4 Å². The molecule has 2 rings (SSSR count). The van der Waals surface area contributed by atoms with Gasteiger partial charge in [-0.05, 0) is 19.3 Å². The summed E-state index contributed by atoms with van der Waals surface area (Å²) in [4.78, 5) is 13.3. The maximum atomic E-state index is 12.3. The Morgan fingerprint density at radius 2 is 1.95 bits per heavy atom. The van der Waals surface area contributed by atoms with E-state index in [0.717, 1.165) is 19.3 Å². The first-order chi connectivity index (χ1) is 9.76. The van der Waals surface area contributed by atoms with Crippen LogP contribution in [0.2, 0.25) is 0 Å². The molecule has 1 saturated heterocycles. The lowest BCUT2D eigenvalue weighted by Gasteiger charge is -2.31. The minimum atomic E-state index is -4.20. The summed E-state index contributed by atoms with van der Waals surface area (Å²) in [5.41, 5.74) is -0.924. The Morgan fingerprint density at radius 1 is 1.29 bits per heavy atom. The molecule has 21 heavy (non-hydrogen) atoms. The Morgan fingerprint density at radius 3 is 2.57 bits per heavy atom. The van der Waals surface area contributed by atoms with Gasteiger partial charge < -0.3 is 10.4 Å². The van der Waals surface area contributed by atoms with Crippen molar-refractivity contribution in [2.75, 3.05) is 19.6 Å². The van der Waals surface area contributed by atoms with E-state index < -0.39 is 18.3 Å². The van der Waals surface area contributed by atoms with Gasteiger partial charge in [0.05, 0.1) is 18.6 Å². The number of hydrogen-bond acceptors (Lipinski definition) is 3. The predicted octanol–water partition coefficient (Wildman–Crippen LogP) is 1.82. The lowest BCUT2D eigenvalue weighted by molar-refractivity contribution is -0.143. The van der Waals surface area contributed by atoms with Crippen molar-refractivity contribution in [3.8, 4) is 0 Å². The van der Waals surface area contributed by atoms with Gasteiger partial charge in [0.25, 0.3) is 0 Å². The molecule has 0 spiro atoms. The second-order valence-corrected chi connectivity index (χ2v) is 6.37. The van der Waals surface area contributed by atoms with Gasteiger partial charge >= 0.3 is 6.18 Å². The first-order valence-electron chi connectivity index (χ1n) is 7.57. The maximum absolute atomic E-state index is 12.3. The molecule has 1 aliphatic heterocycles. The highest BCUT2D eigenvalue weighted by Crippen LogP contribution is 2.30. The summed E-state index contributed by atoms with van der Waals surface area (Å²) in [6, 6.07) is -0.243. The van der Waals surface area contributed by atoms with Gasteiger partial charge in [0.15, 0.2) is 0 Å². The van der Waals surface area contributed by atoms with E-state index in [9.17, 15) is 23.1 Å². The van der Waals surface area contributed by atoms with E-state index in [4.69, 9.17) is 0 Å². The number of amides is 1. The van der Waals surface area contributed by atoms with Crippen molar-refractivity contribution in [1.29, 1.82) is 0 Å². The molecule has 1 atom stereocenters. The molecule has 0 aromatic carbocycles. The Bertz CT molecular complexity index is 368. The van der Waals surface area contributed by atoms with Crippen LogP contribution in [-0.2, 0) is 4.79 Å². The summed E-state index contributed by atoms with van der Waals surface area (Å²) in [7, 11) is 0. The van der Waals surface area contributed by atoms with E-state index in [1.54, 1.807) is 0 Å². The average molecular weight is 308 g/mol. The zero-order valence-corrected chi connectivity index (χ0v) is 12.1. The minimum absolute atomic E-state index is 0.0583. The maximum Gasteiger partial charge on any atom is 0.401 e. The summed E-state index contributed by atoms with van der Waals surface area (Å²) in [5.74, 6) is -0.252. The molecular weight excluding hydrogens is 285 g/mol. The third-order valence-corrected chi connectivity index (χ3v) is 4.31. The molecule has 122 valence electrons. The van der Waals surface area contributed by atoms with Crippen LogP contribution in [0.4, 0.5) is 13.2 Å². The summed E-state index contributed by atoms with van der Waals surface area (Å²) in [6.45, 7) is -0.359. The average Bonchev–Trinajstić information content (AvgIpc) is 2.73. The van der Waals surface area contributed by atoms with E-state index in [1.807, 2.05) is 0 Å². The Kier molecular flexibility index (Phi) is 5.14. The molecule has 4 nitrogen and oxygen atoms in total. The van der Waals surface area contributed by atoms with Gasteiger partial charge in [-0.1, -0.05) is 19.3 Å². The van der Waals surface area contributed by atoms with Gasteiger partial charge in [-0.15, -0.1) is 0 Å². The molecule has 2 aliphatic rings.